The van der Waals surface area contributed by atoms with Gasteiger partial charge in [0.15, 0.2) is 5.76 Å². The van der Waals surface area contributed by atoms with Gasteiger partial charge in [-0.3, -0.25) is 0 Å². The van der Waals surface area contributed by atoms with Gasteiger partial charge in [-0.25, -0.2) is 0 Å². The van der Waals surface area contributed by atoms with Crippen LogP contribution < -0.4 is 0 Å². The first-order chi connectivity index (χ1) is 4.11. The third kappa shape index (κ3) is 1.75. The average molecular weight is 186 g/mol. The Morgan fingerprint density at radius 1 is 1.44 bits per heavy atom. The standard InChI is InChI=1S/C4H2Cl3NO/c5-4(6,7)3-1-2-8-9-3/h1-2H. The minimum atomic E-state index is -1.49. The predicted octanol–water partition coefficient (Wildman–Crippen LogP) is 2.50. The summed E-state index contributed by atoms with van der Waals surface area (Å²) in [5.41, 5.74) is 0. The van der Waals surface area contributed by atoms with Crippen molar-refractivity contribution in [2.45, 2.75) is 3.79 Å². The smallest absolute Gasteiger partial charge is 0.250 e. The monoisotopic (exact) mass is 185 g/mol. The maximum atomic E-state index is 5.40. The molecule has 0 saturated carbocycles. The highest BCUT2D eigenvalue weighted by atomic mass is 35.6. The summed E-state index contributed by atoms with van der Waals surface area (Å²) in [5.74, 6) is 0.229. The Morgan fingerprint density at radius 2 is 2.11 bits per heavy atom. The Kier molecular flexibility index (Phi) is 1.89. The van der Waals surface area contributed by atoms with E-state index in [9.17, 15) is 0 Å². The van der Waals surface area contributed by atoms with Crippen molar-refractivity contribution in [3.63, 3.8) is 0 Å². The lowest BCUT2D eigenvalue weighted by molar-refractivity contribution is 0.387. The zero-order valence-corrected chi connectivity index (χ0v) is 6.41. The van der Waals surface area contributed by atoms with Crippen LogP contribution >= 0.6 is 34.8 Å². The third-order valence-corrected chi connectivity index (χ3v) is 1.28. The fraction of sp³-hybridized carbons (Fsp3) is 0.250. The molecule has 0 fully saturated rings. The number of halogens is 3. The molecule has 0 spiro atoms. The first-order valence-corrected chi connectivity index (χ1v) is 3.22. The summed E-state index contributed by atoms with van der Waals surface area (Å²) in [4.78, 5) is 0. The molecular weight excluding hydrogens is 184 g/mol. The molecule has 5 heteroatoms. The fourth-order valence-corrected chi connectivity index (χ4v) is 0.655. The highest BCUT2D eigenvalue weighted by Crippen LogP contribution is 2.37. The van der Waals surface area contributed by atoms with Gasteiger partial charge in [0.05, 0.1) is 6.20 Å². The van der Waals surface area contributed by atoms with Crippen LogP contribution in [0.1, 0.15) is 5.76 Å². The molecule has 0 unspecified atom stereocenters. The van der Waals surface area contributed by atoms with Gasteiger partial charge in [-0.05, 0) is 0 Å². The summed E-state index contributed by atoms with van der Waals surface area (Å²) < 4.78 is 3.06. The highest BCUT2D eigenvalue weighted by Gasteiger charge is 2.26. The molecule has 1 aromatic rings. The van der Waals surface area contributed by atoms with Gasteiger partial charge in [-0.15, -0.1) is 0 Å². The molecule has 0 bridgehead atoms. The molecule has 9 heavy (non-hydrogen) atoms. The maximum Gasteiger partial charge on any atom is 0.250 e. The Hall–Kier alpha value is 0.0800. The Balaban J connectivity index is 2.90. The second-order valence-corrected chi connectivity index (χ2v) is 3.66. The van der Waals surface area contributed by atoms with Crippen LogP contribution in [0.5, 0.6) is 0 Å². The number of rotatable bonds is 0. The Morgan fingerprint density at radius 3 is 2.33 bits per heavy atom. The van der Waals surface area contributed by atoms with Crippen molar-refractivity contribution in [3.05, 3.63) is 18.0 Å². The van der Waals surface area contributed by atoms with Gasteiger partial charge in [0.2, 0.25) is 0 Å². The van der Waals surface area contributed by atoms with Crippen molar-refractivity contribution in [3.8, 4) is 0 Å². The van der Waals surface area contributed by atoms with Crippen LogP contribution in [-0.2, 0) is 3.79 Å². The van der Waals surface area contributed by atoms with E-state index in [1.54, 1.807) is 0 Å². The molecule has 1 aromatic heterocycles. The van der Waals surface area contributed by atoms with E-state index < -0.39 is 3.79 Å². The van der Waals surface area contributed by atoms with Gasteiger partial charge >= 0.3 is 0 Å². The van der Waals surface area contributed by atoms with E-state index in [0.29, 0.717) is 0 Å². The first kappa shape index (κ1) is 7.19. The topological polar surface area (TPSA) is 26.0 Å². The van der Waals surface area contributed by atoms with Crippen LogP contribution in [0.25, 0.3) is 0 Å². The summed E-state index contributed by atoms with van der Waals surface area (Å²) in [5, 5.41) is 3.36. The minimum Gasteiger partial charge on any atom is -0.357 e. The molecule has 0 amide bonds. The van der Waals surface area contributed by atoms with Crippen LogP contribution in [0.15, 0.2) is 16.8 Å². The highest BCUT2D eigenvalue weighted by molar-refractivity contribution is 6.66. The van der Waals surface area contributed by atoms with E-state index in [2.05, 4.69) is 9.68 Å². The lowest BCUT2D eigenvalue weighted by atomic mass is 10.5. The van der Waals surface area contributed by atoms with Crippen LogP contribution in [0.4, 0.5) is 0 Å². The molecule has 1 heterocycles. The van der Waals surface area contributed by atoms with E-state index in [-0.39, 0.29) is 5.76 Å². The van der Waals surface area contributed by atoms with Crippen LogP contribution in [0, 0.1) is 0 Å². The number of alkyl halides is 3. The SMILES string of the molecule is ClC(Cl)(Cl)c1ccno1. The van der Waals surface area contributed by atoms with Gasteiger partial charge in [0.1, 0.15) is 0 Å². The second kappa shape index (κ2) is 2.37. The molecule has 0 saturated heterocycles. The van der Waals surface area contributed by atoms with E-state index in [0.717, 1.165) is 0 Å². The molecule has 1 rings (SSSR count). The number of hydrogen-bond donors (Lipinski definition) is 0. The molecule has 0 aliphatic carbocycles. The Bertz CT molecular complexity index is 178. The summed E-state index contributed by atoms with van der Waals surface area (Å²) in [6, 6.07) is 1.49. The van der Waals surface area contributed by atoms with Crippen LogP contribution in [0.3, 0.4) is 0 Å². The van der Waals surface area contributed by atoms with E-state index in [1.165, 1.54) is 12.3 Å². The van der Waals surface area contributed by atoms with Crippen LogP contribution in [0.2, 0.25) is 0 Å². The first-order valence-electron chi connectivity index (χ1n) is 2.08. The molecule has 0 radical (unpaired) electrons. The van der Waals surface area contributed by atoms with Crippen LogP contribution in [-0.4, -0.2) is 5.16 Å². The average Bonchev–Trinajstić information content (AvgIpc) is 2.08. The zero-order chi connectivity index (χ0) is 6.91. The van der Waals surface area contributed by atoms with Crippen molar-refractivity contribution in [1.29, 1.82) is 0 Å². The molecule has 2 nitrogen and oxygen atoms in total. The molecule has 0 aromatic carbocycles. The summed E-state index contributed by atoms with van der Waals surface area (Å²) >= 11 is 16.2. The molecule has 0 aliphatic heterocycles. The molecular formula is C4H2Cl3NO. The van der Waals surface area contributed by atoms with Crippen molar-refractivity contribution < 1.29 is 4.52 Å². The van der Waals surface area contributed by atoms with Gasteiger partial charge in [0.25, 0.3) is 3.79 Å². The molecule has 0 aliphatic rings. The summed E-state index contributed by atoms with van der Waals surface area (Å²) in [7, 11) is 0. The van der Waals surface area contributed by atoms with Crippen molar-refractivity contribution in [2.24, 2.45) is 0 Å². The van der Waals surface area contributed by atoms with Gasteiger partial charge < -0.3 is 4.52 Å². The lowest BCUT2D eigenvalue weighted by Crippen LogP contribution is -1.96. The second-order valence-electron chi connectivity index (χ2n) is 1.37. The number of hydrogen-bond acceptors (Lipinski definition) is 2. The fourth-order valence-electron chi connectivity index (χ4n) is 0.362. The Labute approximate surface area is 66.7 Å². The minimum absolute atomic E-state index is 0.229. The quantitative estimate of drug-likeness (QED) is 0.582. The normalized spacial score (nSPS) is 11.9. The van der Waals surface area contributed by atoms with E-state index in [4.69, 9.17) is 34.8 Å². The van der Waals surface area contributed by atoms with Gasteiger partial charge in [-0.2, -0.15) is 0 Å². The zero-order valence-electron chi connectivity index (χ0n) is 4.14. The third-order valence-electron chi connectivity index (χ3n) is 0.717. The number of nitrogens with zero attached hydrogens (tertiary/aromatic N) is 1. The predicted molar refractivity (Wildman–Crippen MR) is 35.7 cm³/mol. The molecule has 0 N–H and O–H groups in total. The maximum absolute atomic E-state index is 5.40. The lowest BCUT2D eigenvalue weighted by Gasteiger charge is -2.02. The van der Waals surface area contributed by atoms with Gasteiger partial charge in [-0.1, -0.05) is 40.0 Å². The summed E-state index contributed by atoms with van der Waals surface area (Å²) in [6.07, 6.45) is 1.41. The molecule has 50 valence electrons. The van der Waals surface area contributed by atoms with Gasteiger partial charge in [0, 0.05) is 6.07 Å². The largest absolute Gasteiger partial charge is 0.357 e. The van der Waals surface area contributed by atoms with Crippen molar-refractivity contribution in [2.75, 3.05) is 0 Å². The molecule has 0 atom stereocenters. The number of aromatic nitrogens is 1. The summed E-state index contributed by atoms with van der Waals surface area (Å²) in [6.45, 7) is 0. The van der Waals surface area contributed by atoms with Crippen molar-refractivity contribution in [1.82, 2.24) is 5.16 Å². The van der Waals surface area contributed by atoms with E-state index >= 15 is 0 Å². The van der Waals surface area contributed by atoms with E-state index in [1.807, 2.05) is 0 Å². The van der Waals surface area contributed by atoms with Crippen molar-refractivity contribution >= 4 is 34.8 Å².